The molecule has 4 heterocycles. The number of ether oxygens (including phenoxy) is 2. The summed E-state index contributed by atoms with van der Waals surface area (Å²) in [5.74, 6) is 0.908. The summed E-state index contributed by atoms with van der Waals surface area (Å²) < 4.78 is 10.7. The molecule has 2 N–H and O–H groups in total. The number of halogens is 2. The van der Waals surface area contributed by atoms with Crippen LogP contribution >= 0.6 is 23.2 Å². The van der Waals surface area contributed by atoms with Gasteiger partial charge in [0.05, 0.1) is 44.5 Å². The summed E-state index contributed by atoms with van der Waals surface area (Å²) in [6.07, 6.45) is 8.71. The molecule has 5 rings (SSSR count). The monoisotopic (exact) mass is 718 g/mol. The average molecular weight is 720 g/mol. The third kappa shape index (κ3) is 8.68. The van der Waals surface area contributed by atoms with E-state index in [0.29, 0.717) is 42.5 Å². The zero-order valence-electron chi connectivity index (χ0n) is 29.2. The van der Waals surface area contributed by atoms with Gasteiger partial charge in [0.15, 0.2) is 0 Å². The molecule has 1 aromatic carbocycles. The highest BCUT2D eigenvalue weighted by molar-refractivity contribution is 6.42. The average Bonchev–Trinajstić information content (AvgIpc) is 3.48. The van der Waals surface area contributed by atoms with Crippen molar-refractivity contribution in [3.05, 3.63) is 40.5 Å². The lowest BCUT2D eigenvalue weighted by Gasteiger charge is -2.35. The second-order valence-corrected chi connectivity index (χ2v) is 13.3. The van der Waals surface area contributed by atoms with Gasteiger partial charge in [-0.2, -0.15) is 4.98 Å². The molecule has 1 aromatic heterocycles. The topological polar surface area (TPSA) is 132 Å². The van der Waals surface area contributed by atoms with E-state index < -0.39 is 12.1 Å². The molecule has 268 valence electrons. The standard InChI is InChI=1S/C29H36Cl2N8O5.C5H12/c1-6-22(40)33-18-14-38(27(41)16-8-7-9-36(2)12-16)15-19(18)34-28-32-11-17-13-39(29(42)37(3)26(17)35-28)25-23(30)20(43-4)10-21(44-5)24(25)31;1-3-5-4-2/h6,10-11,16,18-19H,1,7-9,12-15H2,2-5H3,(H,33,40)(H,32,34,35);3-5H2,1-2H3. The highest BCUT2D eigenvalue weighted by atomic mass is 35.5. The first-order valence-electron chi connectivity index (χ1n) is 16.7. The van der Waals surface area contributed by atoms with Crippen LogP contribution in [0.3, 0.4) is 0 Å². The molecule has 0 bridgehead atoms. The highest BCUT2D eigenvalue weighted by Gasteiger charge is 2.40. The van der Waals surface area contributed by atoms with Crippen molar-refractivity contribution >= 4 is 58.5 Å². The third-order valence-corrected chi connectivity index (χ3v) is 9.70. The Morgan fingerprint density at radius 3 is 2.29 bits per heavy atom. The lowest BCUT2D eigenvalue weighted by atomic mass is 9.97. The van der Waals surface area contributed by atoms with Crippen molar-refractivity contribution in [1.82, 2.24) is 25.1 Å². The molecular formula is C34H48Cl2N8O5. The minimum absolute atomic E-state index is 0.0713. The Hall–Kier alpha value is -3.81. The molecule has 3 aliphatic rings. The van der Waals surface area contributed by atoms with Gasteiger partial charge in [-0.3, -0.25) is 19.4 Å². The Balaban J connectivity index is 0.00000101. The van der Waals surface area contributed by atoms with Gasteiger partial charge in [-0.25, -0.2) is 9.78 Å². The summed E-state index contributed by atoms with van der Waals surface area (Å²) in [6, 6.07) is 0.363. The first-order chi connectivity index (χ1) is 23.5. The molecule has 2 aromatic rings. The molecule has 2 fully saturated rings. The van der Waals surface area contributed by atoms with Crippen molar-refractivity contribution in [1.29, 1.82) is 0 Å². The van der Waals surface area contributed by atoms with Crippen LogP contribution in [0.5, 0.6) is 11.5 Å². The largest absolute Gasteiger partial charge is 0.495 e. The minimum atomic E-state index is -0.424. The number of nitrogens with zero attached hydrogens (tertiary/aromatic N) is 6. The van der Waals surface area contributed by atoms with E-state index in [-0.39, 0.29) is 52.0 Å². The number of urea groups is 1. The Kier molecular flexibility index (Phi) is 13.4. The lowest BCUT2D eigenvalue weighted by molar-refractivity contribution is -0.136. The molecule has 3 atom stereocenters. The SMILES string of the molecule is C=CC(=O)NC1CN(C(=O)C2CCCN(C)C2)CC1Nc1ncc2c(n1)N(C)C(=O)N(c1c(Cl)c(OC)cc(OC)c1Cl)C2.CCCCC. The number of anilines is 3. The van der Waals surface area contributed by atoms with Crippen LogP contribution in [-0.4, -0.2) is 104 Å². The molecule has 0 spiro atoms. The predicted octanol–water partition coefficient (Wildman–Crippen LogP) is 5.21. The van der Waals surface area contributed by atoms with Crippen molar-refractivity contribution < 1.29 is 23.9 Å². The van der Waals surface area contributed by atoms with Gasteiger partial charge < -0.3 is 29.9 Å². The molecule has 15 heteroatoms. The van der Waals surface area contributed by atoms with Crippen LogP contribution in [0.2, 0.25) is 10.0 Å². The molecule has 0 aliphatic carbocycles. The van der Waals surface area contributed by atoms with E-state index in [1.165, 1.54) is 49.4 Å². The van der Waals surface area contributed by atoms with Crippen molar-refractivity contribution in [3.8, 4) is 11.5 Å². The Morgan fingerprint density at radius 2 is 1.71 bits per heavy atom. The van der Waals surface area contributed by atoms with Crippen molar-refractivity contribution in [2.24, 2.45) is 5.92 Å². The van der Waals surface area contributed by atoms with Gasteiger partial charge >= 0.3 is 6.03 Å². The number of hydrogen-bond donors (Lipinski definition) is 2. The number of carbonyl (C=O) groups excluding carboxylic acids is 3. The van der Waals surface area contributed by atoms with Gasteiger partial charge in [0.25, 0.3) is 0 Å². The van der Waals surface area contributed by atoms with Crippen LogP contribution in [-0.2, 0) is 16.1 Å². The van der Waals surface area contributed by atoms with E-state index in [2.05, 4.69) is 45.9 Å². The number of benzene rings is 1. The fourth-order valence-corrected chi connectivity index (χ4v) is 7.03. The third-order valence-electron chi connectivity index (χ3n) is 8.97. The van der Waals surface area contributed by atoms with Crippen LogP contribution in [0.1, 0.15) is 51.5 Å². The quantitative estimate of drug-likeness (QED) is 0.318. The summed E-state index contributed by atoms with van der Waals surface area (Å²) >= 11 is 13.2. The summed E-state index contributed by atoms with van der Waals surface area (Å²) in [5, 5.41) is 6.55. The van der Waals surface area contributed by atoms with Gasteiger partial charge in [-0.1, -0.05) is 62.9 Å². The summed E-state index contributed by atoms with van der Waals surface area (Å²) in [7, 11) is 6.53. The van der Waals surface area contributed by atoms with Crippen LogP contribution in [0, 0.1) is 5.92 Å². The molecule has 0 saturated carbocycles. The number of likely N-dealkylation sites (tertiary alicyclic amines) is 2. The number of hydrogen-bond acceptors (Lipinski definition) is 9. The van der Waals surface area contributed by atoms with Crippen molar-refractivity contribution in [2.45, 2.75) is 64.6 Å². The van der Waals surface area contributed by atoms with Gasteiger partial charge in [0.1, 0.15) is 27.4 Å². The first-order valence-corrected chi connectivity index (χ1v) is 17.4. The zero-order chi connectivity index (χ0) is 35.8. The summed E-state index contributed by atoms with van der Waals surface area (Å²) in [6.45, 7) is 10.5. The number of methoxy groups -OCH3 is 2. The number of fused-ring (bicyclic) bond motifs is 1. The van der Waals surface area contributed by atoms with Crippen LogP contribution in [0.25, 0.3) is 0 Å². The van der Waals surface area contributed by atoms with Gasteiger partial charge in [-0.05, 0) is 32.5 Å². The first kappa shape index (κ1) is 38.0. The Labute approximate surface area is 298 Å². The van der Waals surface area contributed by atoms with Gasteiger partial charge in [0.2, 0.25) is 17.8 Å². The van der Waals surface area contributed by atoms with Crippen LogP contribution < -0.4 is 29.9 Å². The van der Waals surface area contributed by atoms with E-state index in [9.17, 15) is 14.4 Å². The molecule has 3 unspecified atom stereocenters. The second kappa shape index (κ2) is 17.2. The van der Waals surface area contributed by atoms with Gasteiger partial charge in [0, 0.05) is 44.5 Å². The fourth-order valence-electron chi connectivity index (χ4n) is 6.33. The predicted molar refractivity (Wildman–Crippen MR) is 193 cm³/mol. The Morgan fingerprint density at radius 1 is 1.06 bits per heavy atom. The minimum Gasteiger partial charge on any atom is -0.495 e. The van der Waals surface area contributed by atoms with Crippen molar-refractivity contribution in [3.63, 3.8) is 0 Å². The Bertz CT molecular complexity index is 1500. The maximum atomic E-state index is 13.6. The number of rotatable bonds is 10. The number of amides is 4. The van der Waals surface area contributed by atoms with Crippen molar-refractivity contribution in [2.75, 3.05) is 69.6 Å². The maximum absolute atomic E-state index is 13.6. The molecule has 49 heavy (non-hydrogen) atoms. The molecule has 13 nitrogen and oxygen atoms in total. The second-order valence-electron chi connectivity index (χ2n) is 12.5. The molecule has 4 amide bonds. The van der Waals surface area contributed by atoms with E-state index >= 15 is 0 Å². The normalized spacial score (nSPS) is 20.6. The lowest BCUT2D eigenvalue weighted by Crippen LogP contribution is -2.47. The van der Waals surface area contributed by atoms with E-state index in [0.717, 1.165) is 19.4 Å². The number of carbonyl (C=O) groups is 3. The summed E-state index contributed by atoms with van der Waals surface area (Å²) in [4.78, 5) is 55.2. The fraction of sp³-hybridized carbons (Fsp3) is 0.559. The van der Waals surface area contributed by atoms with Crippen LogP contribution in [0.4, 0.5) is 22.2 Å². The van der Waals surface area contributed by atoms with Crippen LogP contribution in [0.15, 0.2) is 24.9 Å². The number of piperidine rings is 1. The van der Waals surface area contributed by atoms with Gasteiger partial charge in [-0.15, -0.1) is 0 Å². The smallest absolute Gasteiger partial charge is 0.330 e. The molecule has 3 aliphatic heterocycles. The number of nitrogens with one attached hydrogen (secondary N) is 2. The highest BCUT2D eigenvalue weighted by Crippen LogP contribution is 2.47. The molecular weight excluding hydrogens is 671 g/mol. The maximum Gasteiger partial charge on any atom is 0.330 e. The number of unbranched alkanes of at least 4 members (excludes halogenated alkanes) is 2. The number of aromatic nitrogens is 2. The van der Waals surface area contributed by atoms with E-state index in [4.69, 9.17) is 32.7 Å². The zero-order valence-corrected chi connectivity index (χ0v) is 30.7. The summed E-state index contributed by atoms with van der Waals surface area (Å²) in [5.41, 5.74) is 0.891. The molecule has 0 radical (unpaired) electrons. The van der Waals surface area contributed by atoms with E-state index in [1.54, 1.807) is 24.2 Å². The molecule has 2 saturated heterocycles. The van der Waals surface area contributed by atoms with E-state index in [1.807, 2.05) is 7.05 Å².